The lowest BCUT2D eigenvalue weighted by molar-refractivity contribution is -0.137. The van der Waals surface area contributed by atoms with E-state index in [0.717, 1.165) is 6.42 Å². The van der Waals surface area contributed by atoms with E-state index >= 15 is 0 Å². The average Bonchev–Trinajstić information content (AvgIpc) is 2.62. The van der Waals surface area contributed by atoms with Crippen LogP contribution < -0.4 is 0 Å². The minimum absolute atomic E-state index is 0.0451. The number of aliphatic hydroxyl groups excluding tert-OH is 2. The van der Waals surface area contributed by atoms with Gasteiger partial charge in [-0.15, -0.1) is 0 Å². The number of rotatable bonds is 15. The number of unbranched alkanes of at least 4 members (excludes halogenated alkanes) is 10. The van der Waals surface area contributed by atoms with Crippen LogP contribution in [0.5, 0.6) is 0 Å². The van der Waals surface area contributed by atoms with Crippen molar-refractivity contribution in [1.29, 1.82) is 0 Å². The molecule has 0 spiro atoms. The molecule has 0 aliphatic rings. The van der Waals surface area contributed by atoms with E-state index in [1.165, 1.54) is 70.3 Å². The minimum Gasteiger partial charge on any atom is -0.463 e. The predicted octanol–water partition coefficient (Wildman–Crippen LogP) is 5.02. The smallest absolute Gasteiger partial charge is 0.330 e. The van der Waals surface area contributed by atoms with Crippen LogP contribution in [-0.4, -0.2) is 36.0 Å². The Kier molecular flexibility index (Phi) is 20.5. The maximum atomic E-state index is 10.8. The van der Waals surface area contributed by atoms with Gasteiger partial charge in [0.2, 0.25) is 0 Å². The van der Waals surface area contributed by atoms with Crippen LogP contribution in [0, 0.1) is 5.41 Å². The van der Waals surface area contributed by atoms with Gasteiger partial charge < -0.3 is 14.9 Å². The maximum absolute atomic E-state index is 10.8. The minimum atomic E-state index is -0.306. The van der Waals surface area contributed by atoms with Gasteiger partial charge >= 0.3 is 5.97 Å². The molecule has 25 heavy (non-hydrogen) atoms. The lowest BCUT2D eigenvalue weighted by Gasteiger charge is -2.16. The highest BCUT2D eigenvalue weighted by molar-refractivity contribution is 5.81. The quantitative estimate of drug-likeness (QED) is 0.245. The molecule has 0 radical (unpaired) electrons. The van der Waals surface area contributed by atoms with Gasteiger partial charge in [-0.3, -0.25) is 0 Å². The number of esters is 1. The van der Waals surface area contributed by atoms with Gasteiger partial charge in [0.25, 0.3) is 0 Å². The third-order valence-electron chi connectivity index (χ3n) is 4.01. The molecule has 0 aliphatic carbocycles. The number of hydrogen-bond acceptors (Lipinski definition) is 4. The van der Waals surface area contributed by atoms with Crippen molar-refractivity contribution in [2.24, 2.45) is 5.41 Å². The second-order valence-electron chi connectivity index (χ2n) is 7.39. The zero-order chi connectivity index (χ0) is 19.4. The normalized spacial score (nSPS) is 10.8. The highest BCUT2D eigenvalue weighted by Crippen LogP contribution is 2.11. The summed E-state index contributed by atoms with van der Waals surface area (Å²) in [5.74, 6) is -0.304. The predicted molar refractivity (Wildman–Crippen MR) is 106 cm³/mol. The number of carbonyl (C=O) groups is 1. The summed E-state index contributed by atoms with van der Waals surface area (Å²) >= 11 is 0. The second kappa shape index (κ2) is 19.5. The van der Waals surface area contributed by atoms with Crippen LogP contribution in [0.4, 0.5) is 0 Å². The Hall–Kier alpha value is -0.870. The van der Waals surface area contributed by atoms with Crippen LogP contribution in [0.25, 0.3) is 0 Å². The van der Waals surface area contributed by atoms with Crippen LogP contribution in [0.3, 0.4) is 0 Å². The molecular formula is C21H42O4. The van der Waals surface area contributed by atoms with Crippen molar-refractivity contribution in [3.05, 3.63) is 12.7 Å². The highest BCUT2D eigenvalue weighted by Gasteiger charge is 2.13. The summed E-state index contributed by atoms with van der Waals surface area (Å²) in [5, 5.41) is 16.9. The van der Waals surface area contributed by atoms with E-state index in [0.29, 0.717) is 6.61 Å². The van der Waals surface area contributed by atoms with E-state index in [2.05, 4.69) is 13.5 Å². The fourth-order valence-corrected chi connectivity index (χ4v) is 2.05. The van der Waals surface area contributed by atoms with E-state index in [-0.39, 0.29) is 24.6 Å². The zero-order valence-corrected chi connectivity index (χ0v) is 16.9. The van der Waals surface area contributed by atoms with Crippen LogP contribution in [0.2, 0.25) is 0 Å². The van der Waals surface area contributed by atoms with Crippen molar-refractivity contribution >= 4 is 5.97 Å². The molecule has 4 nitrogen and oxygen atoms in total. The van der Waals surface area contributed by atoms with Gasteiger partial charge in [-0.25, -0.2) is 4.79 Å². The summed E-state index contributed by atoms with van der Waals surface area (Å²) < 4.78 is 4.92. The van der Waals surface area contributed by atoms with Crippen LogP contribution in [0.1, 0.15) is 91.4 Å². The average molecular weight is 359 g/mol. The molecule has 0 fully saturated rings. The number of aliphatic hydroxyl groups is 2. The largest absolute Gasteiger partial charge is 0.463 e. The van der Waals surface area contributed by atoms with E-state index in [9.17, 15) is 4.79 Å². The van der Waals surface area contributed by atoms with Crippen LogP contribution in [0.15, 0.2) is 12.7 Å². The van der Waals surface area contributed by atoms with Crippen molar-refractivity contribution in [1.82, 2.24) is 0 Å². The first-order valence-electron chi connectivity index (χ1n) is 9.94. The van der Waals surface area contributed by atoms with Gasteiger partial charge in [-0.1, -0.05) is 91.6 Å². The third kappa shape index (κ3) is 23.1. The molecule has 0 aromatic carbocycles. The Morgan fingerprint density at radius 2 is 1.28 bits per heavy atom. The van der Waals surface area contributed by atoms with Crippen molar-refractivity contribution < 1.29 is 19.7 Å². The molecular weight excluding hydrogens is 316 g/mol. The second-order valence-corrected chi connectivity index (χ2v) is 7.39. The van der Waals surface area contributed by atoms with E-state index in [1.807, 2.05) is 0 Å². The molecule has 0 rings (SSSR count). The van der Waals surface area contributed by atoms with E-state index in [4.69, 9.17) is 14.9 Å². The summed E-state index contributed by atoms with van der Waals surface area (Å²) in [7, 11) is 0. The van der Waals surface area contributed by atoms with Crippen LogP contribution >= 0.6 is 0 Å². The molecule has 2 N–H and O–H groups in total. The van der Waals surface area contributed by atoms with Gasteiger partial charge in [0.15, 0.2) is 0 Å². The first-order chi connectivity index (χ1) is 11.9. The molecule has 0 unspecified atom stereocenters. The van der Waals surface area contributed by atoms with Gasteiger partial charge in [0.1, 0.15) is 0 Å². The first kappa shape index (κ1) is 26.4. The maximum Gasteiger partial charge on any atom is 0.330 e. The lowest BCUT2D eigenvalue weighted by atomic mass is 9.97. The Bertz CT molecular complexity index is 294. The molecule has 0 heterocycles. The summed E-state index contributed by atoms with van der Waals surface area (Å²) in [6.07, 6.45) is 15.6. The SMILES string of the molecule is C=CC(=O)OCCCCCCCCCCCCC.CC(C)(CO)CO. The number of ether oxygens (including phenoxy) is 1. The summed E-state index contributed by atoms with van der Waals surface area (Å²) in [4.78, 5) is 10.8. The first-order valence-corrected chi connectivity index (χ1v) is 9.94. The fourth-order valence-electron chi connectivity index (χ4n) is 2.05. The summed E-state index contributed by atoms with van der Waals surface area (Å²) in [5.41, 5.74) is -0.306. The van der Waals surface area contributed by atoms with Crippen molar-refractivity contribution in [2.45, 2.75) is 91.4 Å². The van der Waals surface area contributed by atoms with Crippen molar-refractivity contribution in [3.8, 4) is 0 Å². The van der Waals surface area contributed by atoms with E-state index in [1.54, 1.807) is 13.8 Å². The summed E-state index contributed by atoms with van der Waals surface area (Å²) in [6, 6.07) is 0. The Morgan fingerprint density at radius 1 is 0.880 bits per heavy atom. The zero-order valence-electron chi connectivity index (χ0n) is 16.9. The molecule has 0 amide bonds. The molecule has 150 valence electrons. The van der Waals surface area contributed by atoms with Crippen molar-refractivity contribution in [3.63, 3.8) is 0 Å². The Balaban J connectivity index is 0. The fraction of sp³-hybridized carbons (Fsp3) is 0.857. The molecule has 0 saturated carbocycles. The molecule has 0 atom stereocenters. The Morgan fingerprint density at radius 3 is 1.60 bits per heavy atom. The topological polar surface area (TPSA) is 66.8 Å². The van der Waals surface area contributed by atoms with E-state index < -0.39 is 0 Å². The van der Waals surface area contributed by atoms with Gasteiger partial charge in [-0.05, 0) is 6.42 Å². The van der Waals surface area contributed by atoms with Gasteiger partial charge in [0.05, 0.1) is 19.8 Å². The summed E-state index contributed by atoms with van der Waals surface area (Å²) in [6.45, 7) is 9.85. The van der Waals surface area contributed by atoms with Crippen molar-refractivity contribution in [2.75, 3.05) is 19.8 Å². The molecule has 0 aromatic rings. The van der Waals surface area contributed by atoms with Crippen LogP contribution in [-0.2, 0) is 9.53 Å². The van der Waals surface area contributed by atoms with Gasteiger partial charge in [-0.2, -0.15) is 0 Å². The Labute approximate surface area is 155 Å². The number of hydrogen-bond donors (Lipinski definition) is 2. The highest BCUT2D eigenvalue weighted by atomic mass is 16.5. The third-order valence-corrected chi connectivity index (χ3v) is 4.01. The standard InChI is InChI=1S/C16H30O2.C5H12O2/c1-3-5-6-7-8-9-10-11-12-13-14-15-18-16(17)4-2;1-5(2,3-6)4-7/h4H,2-3,5-15H2,1H3;6-7H,3-4H2,1-2H3. The molecule has 0 saturated heterocycles. The molecule has 0 bridgehead atoms. The van der Waals surface area contributed by atoms with Gasteiger partial charge in [0, 0.05) is 11.5 Å². The molecule has 4 heteroatoms. The molecule has 0 aromatic heterocycles. The number of carbonyl (C=O) groups excluding carboxylic acids is 1. The monoisotopic (exact) mass is 358 g/mol. The lowest BCUT2D eigenvalue weighted by Crippen LogP contribution is -2.20. The molecule has 0 aliphatic heterocycles.